The fourth-order valence-electron chi connectivity index (χ4n) is 1.84. The third-order valence-corrected chi connectivity index (χ3v) is 3.04. The summed E-state index contributed by atoms with van der Waals surface area (Å²) in [5.41, 5.74) is -0.695. The number of hydrogen-bond donors (Lipinski definition) is 0. The van der Waals surface area contributed by atoms with Crippen LogP contribution < -0.4 is 0 Å². The van der Waals surface area contributed by atoms with Gasteiger partial charge in [-0.3, -0.25) is 0 Å². The lowest BCUT2D eigenvalue weighted by atomic mass is 10.2. The van der Waals surface area contributed by atoms with Gasteiger partial charge >= 0.3 is 5.43 Å². The maximum atomic E-state index is 10.3. The van der Waals surface area contributed by atoms with E-state index in [1.165, 1.54) is 32.6 Å². The number of unbranched alkanes of at least 4 members (excludes halogenated alkanes) is 2. The van der Waals surface area contributed by atoms with Crippen LogP contribution in [0.1, 0.15) is 19.3 Å². The number of halogens is 3. The van der Waals surface area contributed by atoms with Gasteiger partial charge < -0.3 is 14.5 Å². The van der Waals surface area contributed by atoms with E-state index in [9.17, 15) is 4.79 Å². The molecule has 0 aliphatic carbocycles. The molecule has 0 aromatic heterocycles. The molecule has 1 aliphatic heterocycles. The molecular formula is C11H23Cl3N2O2. The summed E-state index contributed by atoms with van der Waals surface area (Å²) < 4.78 is 4.65. The fourth-order valence-corrected chi connectivity index (χ4v) is 1.92. The molecule has 0 aromatic carbocycles. The molecule has 1 fully saturated rings. The number of carbonyl (C=O) groups is 1. The lowest BCUT2D eigenvalue weighted by Gasteiger charge is -2.32. The van der Waals surface area contributed by atoms with Crippen molar-refractivity contribution in [3.05, 3.63) is 0 Å². The second kappa shape index (κ2) is 12.3. The number of hydrogen-bond acceptors (Lipinski definition) is 4. The molecule has 0 radical (unpaired) electrons. The second-order valence-electron chi connectivity index (χ2n) is 4.29. The highest BCUT2D eigenvalue weighted by atomic mass is 35.5. The summed E-state index contributed by atoms with van der Waals surface area (Å²) in [7, 11) is 2.16. The number of nitrogens with zero attached hydrogens (tertiary/aromatic N) is 2. The Hall–Kier alpha value is 0.260. The molecule has 1 saturated heterocycles. The minimum Gasteiger partial charge on any atom is -0.454 e. The lowest BCUT2D eigenvalue weighted by Crippen LogP contribution is -2.44. The summed E-state index contributed by atoms with van der Waals surface area (Å²) in [4.78, 5) is 15.1. The van der Waals surface area contributed by atoms with Crippen LogP contribution in [0.4, 0.5) is 4.79 Å². The highest BCUT2D eigenvalue weighted by molar-refractivity contribution is 6.61. The predicted molar refractivity (Wildman–Crippen MR) is 79.5 cm³/mol. The number of ether oxygens (including phenoxy) is 1. The first-order chi connectivity index (χ1) is 7.68. The molecule has 1 rings (SSSR count). The van der Waals surface area contributed by atoms with Crippen LogP contribution in [0.3, 0.4) is 0 Å². The Balaban J connectivity index is 0. The SMILES string of the molecule is CN1CCN(CCCCCOC(=O)Cl)CC1.Cl.Cl. The minimum atomic E-state index is -0.695. The van der Waals surface area contributed by atoms with Crippen molar-refractivity contribution in [3.8, 4) is 0 Å². The van der Waals surface area contributed by atoms with Crippen molar-refractivity contribution in [1.82, 2.24) is 9.80 Å². The van der Waals surface area contributed by atoms with Gasteiger partial charge in [-0.15, -0.1) is 24.8 Å². The summed E-state index contributed by atoms with van der Waals surface area (Å²) in [6, 6.07) is 0. The van der Waals surface area contributed by atoms with E-state index in [1.807, 2.05) is 0 Å². The molecule has 110 valence electrons. The zero-order valence-corrected chi connectivity index (χ0v) is 13.2. The molecule has 0 atom stereocenters. The van der Waals surface area contributed by atoms with E-state index in [0.29, 0.717) is 6.61 Å². The summed E-state index contributed by atoms with van der Waals surface area (Å²) in [6.07, 6.45) is 3.17. The molecule has 0 unspecified atom stereocenters. The third-order valence-electron chi connectivity index (χ3n) is 2.93. The van der Waals surface area contributed by atoms with Gasteiger partial charge in [0.25, 0.3) is 0 Å². The summed E-state index contributed by atoms with van der Waals surface area (Å²) >= 11 is 5.05. The van der Waals surface area contributed by atoms with Crippen molar-refractivity contribution >= 4 is 41.8 Å². The maximum absolute atomic E-state index is 10.3. The Morgan fingerprint density at radius 1 is 1.11 bits per heavy atom. The Labute approximate surface area is 127 Å². The summed E-state index contributed by atoms with van der Waals surface area (Å²) in [5, 5.41) is 0. The number of likely N-dealkylation sites (N-methyl/N-ethyl adjacent to an activating group) is 1. The van der Waals surface area contributed by atoms with Crippen molar-refractivity contribution in [2.75, 3.05) is 46.4 Å². The molecule has 0 N–H and O–H groups in total. The van der Waals surface area contributed by atoms with Crippen LogP contribution in [0.25, 0.3) is 0 Å². The van der Waals surface area contributed by atoms with Crippen molar-refractivity contribution in [3.63, 3.8) is 0 Å². The van der Waals surface area contributed by atoms with E-state index in [-0.39, 0.29) is 24.8 Å². The quantitative estimate of drug-likeness (QED) is 0.556. The molecule has 0 saturated carbocycles. The third kappa shape index (κ3) is 10.2. The molecule has 1 aliphatic rings. The number of rotatable bonds is 6. The van der Waals surface area contributed by atoms with E-state index >= 15 is 0 Å². The van der Waals surface area contributed by atoms with Crippen molar-refractivity contribution in [2.24, 2.45) is 0 Å². The van der Waals surface area contributed by atoms with Crippen LogP contribution in [-0.2, 0) is 4.74 Å². The first-order valence-corrected chi connectivity index (χ1v) is 6.29. The van der Waals surface area contributed by atoms with Crippen molar-refractivity contribution < 1.29 is 9.53 Å². The van der Waals surface area contributed by atoms with Gasteiger partial charge in [-0.1, -0.05) is 0 Å². The highest BCUT2D eigenvalue weighted by Gasteiger charge is 2.12. The van der Waals surface area contributed by atoms with Gasteiger partial charge in [-0.05, 0) is 32.9 Å². The van der Waals surface area contributed by atoms with Crippen LogP contribution in [0, 0.1) is 0 Å². The molecule has 4 nitrogen and oxygen atoms in total. The summed E-state index contributed by atoms with van der Waals surface area (Å²) in [6.45, 7) is 6.29. The molecule has 0 aromatic rings. The van der Waals surface area contributed by atoms with Crippen molar-refractivity contribution in [2.45, 2.75) is 19.3 Å². The molecule has 1 heterocycles. The van der Waals surface area contributed by atoms with E-state index in [2.05, 4.69) is 21.6 Å². The van der Waals surface area contributed by atoms with Crippen LogP contribution in [0.2, 0.25) is 0 Å². The number of piperazine rings is 1. The topological polar surface area (TPSA) is 32.8 Å². The monoisotopic (exact) mass is 320 g/mol. The average Bonchev–Trinajstić information content (AvgIpc) is 2.25. The van der Waals surface area contributed by atoms with Gasteiger partial charge in [0.15, 0.2) is 0 Å². The number of carbonyl (C=O) groups excluding carboxylic acids is 1. The van der Waals surface area contributed by atoms with Gasteiger partial charge in [0.1, 0.15) is 0 Å². The van der Waals surface area contributed by atoms with E-state index < -0.39 is 5.43 Å². The smallest absolute Gasteiger partial charge is 0.403 e. The second-order valence-corrected chi connectivity index (χ2v) is 4.60. The van der Waals surface area contributed by atoms with E-state index in [1.54, 1.807) is 0 Å². The van der Waals surface area contributed by atoms with Crippen LogP contribution in [0.5, 0.6) is 0 Å². The van der Waals surface area contributed by atoms with E-state index in [0.717, 1.165) is 19.4 Å². The normalized spacial score (nSPS) is 16.6. The van der Waals surface area contributed by atoms with Gasteiger partial charge in [-0.2, -0.15) is 0 Å². The largest absolute Gasteiger partial charge is 0.454 e. The molecule has 0 bridgehead atoms. The molecule has 0 amide bonds. The molecule has 0 spiro atoms. The Bertz CT molecular complexity index is 212. The first-order valence-electron chi connectivity index (χ1n) is 5.91. The van der Waals surface area contributed by atoms with Crippen LogP contribution in [0.15, 0.2) is 0 Å². The van der Waals surface area contributed by atoms with Gasteiger partial charge in [0.2, 0.25) is 0 Å². The Morgan fingerprint density at radius 3 is 2.28 bits per heavy atom. The highest BCUT2D eigenvalue weighted by Crippen LogP contribution is 2.03. The molecular weight excluding hydrogens is 298 g/mol. The molecule has 18 heavy (non-hydrogen) atoms. The fraction of sp³-hybridized carbons (Fsp3) is 0.909. The average molecular weight is 322 g/mol. The summed E-state index contributed by atoms with van der Waals surface area (Å²) in [5.74, 6) is 0. The first kappa shape index (κ1) is 20.6. The lowest BCUT2D eigenvalue weighted by molar-refractivity contribution is 0.149. The predicted octanol–water partition coefficient (Wildman–Crippen LogP) is 2.62. The van der Waals surface area contributed by atoms with E-state index in [4.69, 9.17) is 11.6 Å². The van der Waals surface area contributed by atoms with Gasteiger partial charge in [-0.25, -0.2) is 4.79 Å². The standard InChI is InChI=1S/C11H21ClN2O2.2ClH/c1-13-6-8-14(9-7-13)5-3-2-4-10-16-11(12)15;;/h2-10H2,1H3;2*1H. The Kier molecular flexibility index (Phi) is 14.1. The zero-order valence-electron chi connectivity index (χ0n) is 10.8. The van der Waals surface area contributed by atoms with Gasteiger partial charge in [0.05, 0.1) is 6.61 Å². The van der Waals surface area contributed by atoms with Gasteiger partial charge in [0, 0.05) is 37.8 Å². The van der Waals surface area contributed by atoms with Crippen LogP contribution in [-0.4, -0.2) is 61.6 Å². The maximum Gasteiger partial charge on any atom is 0.403 e. The zero-order chi connectivity index (χ0) is 11.8. The van der Waals surface area contributed by atoms with Crippen LogP contribution >= 0.6 is 36.4 Å². The Morgan fingerprint density at radius 2 is 1.72 bits per heavy atom. The minimum absolute atomic E-state index is 0. The van der Waals surface area contributed by atoms with Crippen molar-refractivity contribution in [1.29, 1.82) is 0 Å². The molecule has 7 heteroatoms.